The van der Waals surface area contributed by atoms with Gasteiger partial charge < -0.3 is 9.47 Å². The first-order valence-electron chi connectivity index (χ1n) is 6.49. The quantitative estimate of drug-likeness (QED) is 0.824. The molecule has 1 fully saturated rings. The van der Waals surface area contributed by atoms with E-state index >= 15 is 0 Å². The van der Waals surface area contributed by atoms with Gasteiger partial charge in [0.15, 0.2) is 6.29 Å². The van der Waals surface area contributed by atoms with E-state index in [1.165, 1.54) is 12.1 Å². The van der Waals surface area contributed by atoms with Crippen molar-refractivity contribution in [3.63, 3.8) is 0 Å². The van der Waals surface area contributed by atoms with Gasteiger partial charge in [-0.1, -0.05) is 6.58 Å². The molecule has 0 aliphatic carbocycles. The average molecular weight is 268 g/mol. The summed E-state index contributed by atoms with van der Waals surface area (Å²) >= 11 is 0. The topological polar surface area (TPSA) is 18.5 Å². The Kier molecular flexibility index (Phi) is 4.66. The van der Waals surface area contributed by atoms with Crippen molar-refractivity contribution in [2.45, 2.75) is 38.6 Å². The SMILES string of the molecule is C=C(c1ccc(F)cc1F)C(C)OC1CCCCO1. The second-order valence-corrected chi connectivity index (χ2v) is 4.72. The van der Waals surface area contributed by atoms with E-state index in [1.54, 1.807) is 6.92 Å². The van der Waals surface area contributed by atoms with Crippen LogP contribution in [0.2, 0.25) is 0 Å². The van der Waals surface area contributed by atoms with E-state index in [-0.39, 0.29) is 18.0 Å². The molecule has 1 saturated heterocycles. The predicted octanol–water partition coefficient (Wildman–Crippen LogP) is 3.91. The molecule has 1 aromatic rings. The largest absolute Gasteiger partial charge is 0.353 e. The van der Waals surface area contributed by atoms with Crippen LogP contribution >= 0.6 is 0 Å². The summed E-state index contributed by atoms with van der Waals surface area (Å²) in [5, 5.41) is 0. The number of hydrogen-bond acceptors (Lipinski definition) is 2. The summed E-state index contributed by atoms with van der Waals surface area (Å²) in [6.07, 6.45) is 2.31. The third-order valence-corrected chi connectivity index (χ3v) is 3.26. The first-order chi connectivity index (χ1) is 9.08. The monoisotopic (exact) mass is 268 g/mol. The molecular formula is C15H18F2O2. The van der Waals surface area contributed by atoms with E-state index in [9.17, 15) is 8.78 Å². The van der Waals surface area contributed by atoms with E-state index in [1.807, 2.05) is 0 Å². The van der Waals surface area contributed by atoms with Gasteiger partial charge in [-0.05, 0) is 43.9 Å². The van der Waals surface area contributed by atoms with Crippen molar-refractivity contribution in [1.82, 2.24) is 0 Å². The lowest BCUT2D eigenvalue weighted by molar-refractivity contribution is -0.172. The molecule has 0 amide bonds. The van der Waals surface area contributed by atoms with Gasteiger partial charge in [-0.15, -0.1) is 0 Å². The van der Waals surface area contributed by atoms with Crippen molar-refractivity contribution in [2.24, 2.45) is 0 Å². The van der Waals surface area contributed by atoms with Crippen LogP contribution in [0.25, 0.3) is 5.57 Å². The Balaban J connectivity index is 2.01. The van der Waals surface area contributed by atoms with Crippen LogP contribution in [-0.4, -0.2) is 19.0 Å². The van der Waals surface area contributed by atoms with Gasteiger partial charge in [0.05, 0.1) is 6.10 Å². The highest BCUT2D eigenvalue weighted by Crippen LogP contribution is 2.25. The predicted molar refractivity (Wildman–Crippen MR) is 69.5 cm³/mol. The van der Waals surface area contributed by atoms with Crippen LogP contribution in [0, 0.1) is 11.6 Å². The molecule has 4 heteroatoms. The van der Waals surface area contributed by atoms with Gasteiger partial charge in [0, 0.05) is 18.2 Å². The van der Waals surface area contributed by atoms with Crippen LogP contribution in [0.4, 0.5) is 8.78 Å². The fraction of sp³-hybridized carbons (Fsp3) is 0.467. The summed E-state index contributed by atoms with van der Waals surface area (Å²) in [5.74, 6) is -1.22. The Morgan fingerprint density at radius 2 is 2.21 bits per heavy atom. The van der Waals surface area contributed by atoms with Crippen LogP contribution in [0.15, 0.2) is 24.8 Å². The molecule has 1 aliphatic heterocycles. The van der Waals surface area contributed by atoms with Gasteiger partial charge in [0.2, 0.25) is 0 Å². The Morgan fingerprint density at radius 3 is 2.84 bits per heavy atom. The van der Waals surface area contributed by atoms with Crippen LogP contribution in [0.3, 0.4) is 0 Å². The maximum absolute atomic E-state index is 13.7. The summed E-state index contributed by atoms with van der Waals surface area (Å²) in [7, 11) is 0. The molecule has 19 heavy (non-hydrogen) atoms. The molecule has 104 valence electrons. The number of halogens is 2. The second kappa shape index (κ2) is 6.26. The molecule has 2 atom stereocenters. The zero-order valence-electron chi connectivity index (χ0n) is 11.0. The van der Waals surface area contributed by atoms with E-state index in [0.717, 1.165) is 25.3 Å². The molecule has 0 spiro atoms. The first-order valence-corrected chi connectivity index (χ1v) is 6.49. The Bertz CT molecular complexity index is 453. The van der Waals surface area contributed by atoms with Crippen molar-refractivity contribution in [3.8, 4) is 0 Å². The van der Waals surface area contributed by atoms with Gasteiger partial charge in [0.1, 0.15) is 11.6 Å². The van der Waals surface area contributed by atoms with Gasteiger partial charge >= 0.3 is 0 Å². The number of rotatable bonds is 4. The van der Waals surface area contributed by atoms with E-state index in [2.05, 4.69) is 6.58 Å². The summed E-state index contributed by atoms with van der Waals surface area (Å²) in [5.41, 5.74) is 0.774. The lowest BCUT2D eigenvalue weighted by Crippen LogP contribution is -2.27. The van der Waals surface area contributed by atoms with Gasteiger partial charge in [0.25, 0.3) is 0 Å². The second-order valence-electron chi connectivity index (χ2n) is 4.72. The van der Waals surface area contributed by atoms with E-state index in [0.29, 0.717) is 12.2 Å². The molecular weight excluding hydrogens is 250 g/mol. The fourth-order valence-corrected chi connectivity index (χ4v) is 2.10. The van der Waals surface area contributed by atoms with Crippen molar-refractivity contribution in [2.75, 3.05) is 6.61 Å². The molecule has 0 bridgehead atoms. The smallest absolute Gasteiger partial charge is 0.158 e. The minimum absolute atomic E-state index is 0.260. The van der Waals surface area contributed by atoms with E-state index in [4.69, 9.17) is 9.47 Å². The maximum atomic E-state index is 13.7. The summed E-state index contributed by atoms with van der Waals surface area (Å²) in [6.45, 7) is 6.32. The molecule has 0 radical (unpaired) electrons. The molecule has 0 aromatic heterocycles. The van der Waals surface area contributed by atoms with Crippen molar-refractivity contribution < 1.29 is 18.3 Å². The maximum Gasteiger partial charge on any atom is 0.158 e. The standard InChI is InChI=1S/C15H18F2O2/c1-10(13-7-6-12(16)9-14(13)17)11(2)19-15-5-3-4-8-18-15/h6-7,9,11,15H,1,3-5,8H2,2H3. The normalized spacial score (nSPS) is 21.1. The van der Waals surface area contributed by atoms with Gasteiger partial charge in [-0.3, -0.25) is 0 Å². The highest BCUT2D eigenvalue weighted by molar-refractivity contribution is 5.66. The highest BCUT2D eigenvalue weighted by atomic mass is 19.1. The molecule has 0 N–H and O–H groups in total. The van der Waals surface area contributed by atoms with Gasteiger partial charge in [-0.25, -0.2) is 8.78 Å². The van der Waals surface area contributed by atoms with Crippen LogP contribution < -0.4 is 0 Å². The number of hydrogen-bond donors (Lipinski definition) is 0. The average Bonchev–Trinajstić information content (AvgIpc) is 2.39. The molecule has 1 aliphatic rings. The lowest BCUT2D eigenvalue weighted by atomic mass is 10.0. The van der Waals surface area contributed by atoms with Crippen molar-refractivity contribution in [3.05, 3.63) is 42.0 Å². The third kappa shape index (κ3) is 3.61. The molecule has 1 heterocycles. The molecule has 2 rings (SSSR count). The molecule has 2 unspecified atom stereocenters. The van der Waals surface area contributed by atoms with Crippen LogP contribution in [-0.2, 0) is 9.47 Å². The highest BCUT2D eigenvalue weighted by Gasteiger charge is 2.20. The first kappa shape index (κ1) is 14.2. The summed E-state index contributed by atoms with van der Waals surface area (Å²) in [6, 6.07) is 3.45. The van der Waals surface area contributed by atoms with E-state index < -0.39 is 11.6 Å². The Labute approximate surface area is 112 Å². The minimum Gasteiger partial charge on any atom is -0.353 e. The van der Waals surface area contributed by atoms with Crippen LogP contribution in [0.5, 0.6) is 0 Å². The zero-order valence-corrected chi connectivity index (χ0v) is 11.0. The van der Waals surface area contributed by atoms with Crippen molar-refractivity contribution in [1.29, 1.82) is 0 Å². The molecule has 2 nitrogen and oxygen atoms in total. The molecule has 1 aromatic carbocycles. The summed E-state index contributed by atoms with van der Waals surface area (Å²) < 4.78 is 37.7. The third-order valence-electron chi connectivity index (χ3n) is 3.26. The molecule has 0 saturated carbocycles. The van der Waals surface area contributed by atoms with Crippen LogP contribution in [0.1, 0.15) is 31.7 Å². The minimum atomic E-state index is -0.620. The Hall–Kier alpha value is -1.26. The lowest BCUT2D eigenvalue weighted by Gasteiger charge is -2.27. The number of ether oxygens (including phenoxy) is 2. The van der Waals surface area contributed by atoms with Gasteiger partial charge in [-0.2, -0.15) is 0 Å². The van der Waals surface area contributed by atoms with Crippen molar-refractivity contribution >= 4 is 5.57 Å². The fourth-order valence-electron chi connectivity index (χ4n) is 2.10. The summed E-state index contributed by atoms with van der Waals surface area (Å²) in [4.78, 5) is 0. The number of benzene rings is 1. The zero-order chi connectivity index (χ0) is 13.8. The Morgan fingerprint density at radius 1 is 1.42 bits per heavy atom.